The topological polar surface area (TPSA) is 30.5 Å². The van der Waals surface area contributed by atoms with Gasteiger partial charge < -0.3 is 14.8 Å². The summed E-state index contributed by atoms with van der Waals surface area (Å²) in [6, 6.07) is 1.39. The highest BCUT2D eigenvalue weighted by atomic mass is 16.5. The first-order chi connectivity index (χ1) is 6.88. The van der Waals surface area contributed by atoms with Gasteiger partial charge in [0.1, 0.15) is 0 Å². The van der Waals surface area contributed by atoms with E-state index in [1.165, 1.54) is 25.7 Å². The Hall–Kier alpha value is -0.120. The zero-order valence-corrected chi connectivity index (χ0v) is 9.00. The molecule has 3 nitrogen and oxygen atoms in total. The number of hydrogen-bond acceptors (Lipinski definition) is 3. The van der Waals surface area contributed by atoms with E-state index in [0.717, 1.165) is 19.8 Å². The fraction of sp³-hybridized carbons (Fsp3) is 1.00. The van der Waals surface area contributed by atoms with Crippen molar-refractivity contribution in [1.29, 1.82) is 0 Å². The van der Waals surface area contributed by atoms with E-state index >= 15 is 0 Å². The van der Waals surface area contributed by atoms with Gasteiger partial charge in [-0.05, 0) is 32.6 Å². The first-order valence-corrected chi connectivity index (χ1v) is 5.84. The maximum atomic E-state index is 5.53. The lowest BCUT2D eigenvalue weighted by Crippen LogP contribution is -2.50. The van der Waals surface area contributed by atoms with Crippen LogP contribution in [0.25, 0.3) is 0 Å². The highest BCUT2D eigenvalue weighted by molar-refractivity contribution is 4.88. The molecule has 0 radical (unpaired) electrons. The van der Waals surface area contributed by atoms with E-state index in [9.17, 15) is 0 Å². The Kier molecular flexibility index (Phi) is 3.79. The Morgan fingerprint density at radius 3 is 2.57 bits per heavy atom. The smallest absolute Gasteiger partial charge is 0.0604 e. The Labute approximate surface area is 86.2 Å². The van der Waals surface area contributed by atoms with Crippen molar-refractivity contribution in [3.05, 3.63) is 0 Å². The molecule has 82 valence electrons. The normalized spacial score (nSPS) is 34.1. The van der Waals surface area contributed by atoms with Crippen LogP contribution in [0.3, 0.4) is 0 Å². The summed E-state index contributed by atoms with van der Waals surface area (Å²) in [4.78, 5) is 0. The average Bonchev–Trinajstić information content (AvgIpc) is 2.16. The second kappa shape index (κ2) is 5.10. The van der Waals surface area contributed by atoms with Crippen molar-refractivity contribution < 1.29 is 9.47 Å². The minimum Gasteiger partial charge on any atom is -0.381 e. The molecule has 2 rings (SSSR count). The second-order valence-electron chi connectivity index (χ2n) is 4.30. The van der Waals surface area contributed by atoms with Crippen LogP contribution < -0.4 is 5.32 Å². The molecule has 3 heteroatoms. The fourth-order valence-corrected chi connectivity index (χ4v) is 2.27. The Balaban J connectivity index is 1.58. The molecule has 0 atom stereocenters. The number of nitrogens with one attached hydrogen (secondary N) is 1. The number of rotatable bonds is 4. The minimum atomic E-state index is 0.525. The molecule has 1 heterocycles. The number of hydrogen-bond donors (Lipinski definition) is 1. The van der Waals surface area contributed by atoms with E-state index in [1.807, 2.05) is 0 Å². The number of ether oxygens (including phenoxy) is 2. The van der Waals surface area contributed by atoms with Crippen molar-refractivity contribution in [3.63, 3.8) is 0 Å². The van der Waals surface area contributed by atoms with Crippen LogP contribution in [0.2, 0.25) is 0 Å². The molecule has 1 N–H and O–H groups in total. The van der Waals surface area contributed by atoms with E-state index in [0.29, 0.717) is 18.2 Å². The van der Waals surface area contributed by atoms with E-state index < -0.39 is 0 Å². The molecule has 1 aliphatic heterocycles. The fourth-order valence-electron chi connectivity index (χ4n) is 2.27. The van der Waals surface area contributed by atoms with Gasteiger partial charge in [-0.15, -0.1) is 0 Å². The van der Waals surface area contributed by atoms with Gasteiger partial charge in [-0.2, -0.15) is 0 Å². The molecular formula is C11H21NO2. The quantitative estimate of drug-likeness (QED) is 0.741. The predicted octanol–water partition coefficient (Wildman–Crippen LogP) is 1.32. The summed E-state index contributed by atoms with van der Waals surface area (Å²) >= 11 is 0. The zero-order valence-electron chi connectivity index (χ0n) is 9.00. The third-order valence-corrected chi connectivity index (χ3v) is 3.19. The third-order valence-electron chi connectivity index (χ3n) is 3.19. The zero-order chi connectivity index (χ0) is 9.80. The van der Waals surface area contributed by atoms with Gasteiger partial charge >= 0.3 is 0 Å². The highest BCUT2D eigenvalue weighted by Gasteiger charge is 2.31. The van der Waals surface area contributed by atoms with E-state index in [1.54, 1.807) is 0 Å². The highest BCUT2D eigenvalue weighted by Crippen LogP contribution is 2.24. The van der Waals surface area contributed by atoms with Gasteiger partial charge in [-0.3, -0.25) is 0 Å². The minimum absolute atomic E-state index is 0.525. The molecule has 1 saturated carbocycles. The van der Waals surface area contributed by atoms with Crippen molar-refractivity contribution in [2.75, 3.05) is 19.8 Å². The molecule has 0 aromatic rings. The molecular weight excluding hydrogens is 178 g/mol. The molecule has 0 bridgehead atoms. The van der Waals surface area contributed by atoms with Crippen molar-refractivity contribution in [2.45, 2.75) is 50.8 Å². The lowest BCUT2D eigenvalue weighted by atomic mass is 9.88. The molecule has 1 saturated heterocycles. The van der Waals surface area contributed by atoms with Gasteiger partial charge in [0.25, 0.3) is 0 Å². The molecule has 2 fully saturated rings. The molecule has 0 amide bonds. The lowest BCUT2D eigenvalue weighted by molar-refractivity contribution is -0.0174. The maximum absolute atomic E-state index is 5.53. The van der Waals surface area contributed by atoms with Crippen molar-refractivity contribution in [1.82, 2.24) is 5.32 Å². The summed E-state index contributed by atoms with van der Waals surface area (Å²) in [6.07, 6.45) is 5.28. The Morgan fingerprint density at radius 1 is 1.21 bits per heavy atom. The standard InChI is InChI=1S/C11H21NO2/c1-2-14-11-7-10(8-11)12-9-3-5-13-6-4-9/h9-12H,2-8H2,1H3. The van der Waals surface area contributed by atoms with E-state index in [2.05, 4.69) is 12.2 Å². The van der Waals surface area contributed by atoms with Gasteiger partial charge in [0.15, 0.2) is 0 Å². The van der Waals surface area contributed by atoms with Crippen LogP contribution in [-0.2, 0) is 9.47 Å². The summed E-state index contributed by atoms with van der Waals surface area (Å²) in [5.41, 5.74) is 0. The van der Waals surface area contributed by atoms with Crippen LogP contribution in [0, 0.1) is 0 Å². The van der Waals surface area contributed by atoms with Crippen LogP contribution in [0.1, 0.15) is 32.6 Å². The van der Waals surface area contributed by atoms with Gasteiger partial charge in [-0.25, -0.2) is 0 Å². The molecule has 0 aromatic heterocycles. The van der Waals surface area contributed by atoms with Gasteiger partial charge in [0.2, 0.25) is 0 Å². The van der Waals surface area contributed by atoms with Crippen molar-refractivity contribution in [2.24, 2.45) is 0 Å². The summed E-state index contributed by atoms with van der Waals surface area (Å²) < 4.78 is 10.9. The van der Waals surface area contributed by atoms with Gasteiger partial charge in [0.05, 0.1) is 6.10 Å². The van der Waals surface area contributed by atoms with Crippen LogP contribution in [-0.4, -0.2) is 38.0 Å². The molecule has 1 aliphatic carbocycles. The van der Waals surface area contributed by atoms with Crippen LogP contribution >= 0.6 is 0 Å². The van der Waals surface area contributed by atoms with Crippen LogP contribution in [0.5, 0.6) is 0 Å². The van der Waals surface area contributed by atoms with Gasteiger partial charge in [0, 0.05) is 31.9 Å². The predicted molar refractivity (Wildman–Crippen MR) is 55.4 cm³/mol. The molecule has 0 spiro atoms. The summed E-state index contributed by atoms with van der Waals surface area (Å²) in [5.74, 6) is 0. The molecule has 14 heavy (non-hydrogen) atoms. The summed E-state index contributed by atoms with van der Waals surface area (Å²) in [5, 5.41) is 3.68. The first kappa shape index (κ1) is 10.4. The maximum Gasteiger partial charge on any atom is 0.0604 e. The lowest BCUT2D eigenvalue weighted by Gasteiger charge is -2.38. The Morgan fingerprint density at radius 2 is 1.93 bits per heavy atom. The summed E-state index contributed by atoms with van der Waals surface area (Å²) in [6.45, 7) is 4.78. The van der Waals surface area contributed by atoms with E-state index in [-0.39, 0.29) is 0 Å². The Bertz CT molecular complexity index is 163. The third kappa shape index (κ3) is 2.69. The average molecular weight is 199 g/mol. The second-order valence-corrected chi connectivity index (χ2v) is 4.30. The van der Waals surface area contributed by atoms with Crippen LogP contribution in [0.4, 0.5) is 0 Å². The van der Waals surface area contributed by atoms with Gasteiger partial charge in [-0.1, -0.05) is 0 Å². The molecule has 0 unspecified atom stereocenters. The van der Waals surface area contributed by atoms with Crippen LogP contribution in [0.15, 0.2) is 0 Å². The molecule has 0 aromatic carbocycles. The largest absolute Gasteiger partial charge is 0.381 e. The van der Waals surface area contributed by atoms with Crippen molar-refractivity contribution >= 4 is 0 Å². The van der Waals surface area contributed by atoms with E-state index in [4.69, 9.17) is 9.47 Å². The monoisotopic (exact) mass is 199 g/mol. The summed E-state index contributed by atoms with van der Waals surface area (Å²) in [7, 11) is 0. The first-order valence-electron chi connectivity index (χ1n) is 5.84. The molecule has 2 aliphatic rings. The van der Waals surface area contributed by atoms with Crippen molar-refractivity contribution in [3.8, 4) is 0 Å². The SMILES string of the molecule is CCOC1CC(NC2CCOCC2)C1.